The van der Waals surface area contributed by atoms with Crippen LogP contribution in [0.2, 0.25) is 0 Å². The zero-order valence-electron chi connectivity index (χ0n) is 15.2. The average molecular weight is 367 g/mol. The van der Waals surface area contributed by atoms with Crippen LogP contribution in [0.5, 0.6) is 0 Å². The molecule has 1 amide bonds. The van der Waals surface area contributed by atoms with Gasteiger partial charge in [0.1, 0.15) is 17.2 Å². The first-order valence-electron chi connectivity index (χ1n) is 8.27. The summed E-state index contributed by atoms with van der Waals surface area (Å²) >= 11 is -1.62. The van der Waals surface area contributed by atoms with Crippen molar-refractivity contribution in [2.75, 3.05) is 0 Å². The molecule has 5 nitrogen and oxygen atoms in total. The summed E-state index contributed by atoms with van der Waals surface area (Å²) in [7, 11) is 1.85. The van der Waals surface area contributed by atoms with Crippen molar-refractivity contribution < 1.29 is 9.35 Å². The van der Waals surface area contributed by atoms with Crippen molar-refractivity contribution in [3.63, 3.8) is 0 Å². The third-order valence-electron chi connectivity index (χ3n) is 4.29. The molecule has 0 aliphatic carbocycles. The molecular weight excluding hydrogens is 346 g/mol. The molecule has 0 spiro atoms. The Kier molecular flexibility index (Phi) is 5.15. The van der Waals surface area contributed by atoms with Gasteiger partial charge in [0.05, 0.1) is 0 Å². The maximum absolute atomic E-state index is 12.5. The minimum Gasteiger partial charge on any atom is -0.588 e. The Hall–Kier alpha value is -2.57. The van der Waals surface area contributed by atoms with Crippen LogP contribution in [-0.4, -0.2) is 20.0 Å². The topological polar surface area (TPSA) is 70.0 Å². The molecule has 0 bridgehead atoms. The van der Waals surface area contributed by atoms with Gasteiger partial charge in [-0.15, -0.1) is 0 Å². The second-order valence-electron chi connectivity index (χ2n) is 6.29. The van der Waals surface area contributed by atoms with E-state index in [1.807, 2.05) is 62.7 Å². The summed E-state index contributed by atoms with van der Waals surface area (Å²) in [5.74, 6) is 0.257. The lowest BCUT2D eigenvalue weighted by molar-refractivity contribution is 0.0977. The zero-order chi connectivity index (χ0) is 18.8. The second kappa shape index (κ2) is 7.35. The van der Waals surface area contributed by atoms with E-state index in [1.165, 1.54) is 0 Å². The Morgan fingerprint density at radius 3 is 2.31 bits per heavy atom. The van der Waals surface area contributed by atoms with Crippen LogP contribution in [0.15, 0.2) is 53.6 Å². The van der Waals surface area contributed by atoms with E-state index in [-0.39, 0.29) is 5.69 Å². The van der Waals surface area contributed by atoms with Gasteiger partial charge in [0.2, 0.25) is 0 Å². The number of imidazole rings is 1. The molecule has 2 aromatic carbocycles. The van der Waals surface area contributed by atoms with Gasteiger partial charge in [0, 0.05) is 24.4 Å². The first-order valence-corrected chi connectivity index (χ1v) is 9.42. The molecule has 3 rings (SSSR count). The van der Waals surface area contributed by atoms with Gasteiger partial charge in [-0.1, -0.05) is 36.4 Å². The molecular formula is C20H21N3O2S. The van der Waals surface area contributed by atoms with E-state index in [0.717, 1.165) is 22.3 Å². The Bertz CT molecular complexity index is 945. The van der Waals surface area contributed by atoms with Gasteiger partial charge in [-0.2, -0.15) is 4.72 Å². The molecule has 1 atom stereocenters. The number of hydrogen-bond donors (Lipinski definition) is 1. The van der Waals surface area contributed by atoms with Gasteiger partial charge in [-0.05, 0) is 38.0 Å². The van der Waals surface area contributed by atoms with Crippen LogP contribution in [0.25, 0.3) is 11.4 Å². The number of rotatable bonds is 4. The lowest BCUT2D eigenvalue weighted by atomic mass is 10.0. The second-order valence-corrected chi connectivity index (χ2v) is 7.47. The van der Waals surface area contributed by atoms with E-state index in [1.54, 1.807) is 18.3 Å². The highest BCUT2D eigenvalue weighted by Crippen LogP contribution is 2.26. The molecule has 0 saturated carbocycles. The first kappa shape index (κ1) is 18.2. The number of carbonyl (C=O) groups excluding carboxylic acids is 1. The lowest BCUT2D eigenvalue weighted by Crippen LogP contribution is -2.31. The molecule has 6 heteroatoms. The zero-order valence-corrected chi connectivity index (χ0v) is 16.1. The minimum absolute atomic E-state index is 0.243. The van der Waals surface area contributed by atoms with Gasteiger partial charge in [-0.25, -0.2) is 4.98 Å². The standard InChI is InChI=1S/C20H21N3O2S/c1-13-8-5-6-11-17(13)26(25)22-20(24)16-12-23(4)19(21-16)18-14(2)9-7-10-15(18)3/h5-12H,1-4H3,(H,22,24). The molecule has 3 aromatic rings. The molecule has 0 radical (unpaired) electrons. The Morgan fingerprint density at radius 1 is 1.04 bits per heavy atom. The number of carbonyl (C=O) groups is 1. The van der Waals surface area contributed by atoms with Gasteiger partial charge >= 0.3 is 5.91 Å². The third-order valence-corrected chi connectivity index (χ3v) is 5.52. The summed E-state index contributed by atoms with van der Waals surface area (Å²) in [6, 6.07) is 13.3. The highest BCUT2D eigenvalue weighted by atomic mass is 32.2. The van der Waals surface area contributed by atoms with Gasteiger partial charge in [-0.3, -0.25) is 4.79 Å². The summed E-state index contributed by atoms with van der Waals surface area (Å²) in [5.41, 5.74) is 4.30. The van der Waals surface area contributed by atoms with Crippen LogP contribution in [0.4, 0.5) is 0 Å². The fourth-order valence-electron chi connectivity index (χ4n) is 2.93. The van der Waals surface area contributed by atoms with Crippen LogP contribution in [-0.2, 0) is 18.4 Å². The third kappa shape index (κ3) is 3.52. The molecule has 1 unspecified atom stereocenters. The van der Waals surface area contributed by atoms with E-state index in [2.05, 4.69) is 9.71 Å². The smallest absolute Gasteiger partial charge is 0.312 e. The van der Waals surface area contributed by atoms with E-state index < -0.39 is 17.3 Å². The molecule has 0 fully saturated rings. The lowest BCUT2D eigenvalue weighted by Gasteiger charge is -2.11. The highest BCUT2D eigenvalue weighted by molar-refractivity contribution is 7.90. The van der Waals surface area contributed by atoms with Crippen LogP contribution < -0.4 is 4.72 Å². The maximum atomic E-state index is 12.5. The maximum Gasteiger partial charge on any atom is 0.312 e. The SMILES string of the molecule is Cc1ccccc1[S+]([O-])NC(=O)c1cn(C)c(-c2c(C)cccc2C)n1. The molecule has 1 N–H and O–H groups in total. The predicted molar refractivity (Wildman–Crippen MR) is 103 cm³/mol. The van der Waals surface area contributed by atoms with Crippen LogP contribution in [0.1, 0.15) is 27.2 Å². The fourth-order valence-corrected chi connectivity index (χ4v) is 3.88. The number of nitrogens with one attached hydrogen (secondary N) is 1. The fraction of sp³-hybridized carbons (Fsp3) is 0.200. The summed E-state index contributed by atoms with van der Waals surface area (Å²) in [6.07, 6.45) is 1.66. The van der Waals surface area contributed by atoms with Crippen molar-refractivity contribution in [1.82, 2.24) is 14.3 Å². The highest BCUT2D eigenvalue weighted by Gasteiger charge is 2.22. The number of nitrogens with zero attached hydrogens (tertiary/aromatic N) is 2. The van der Waals surface area contributed by atoms with E-state index in [9.17, 15) is 9.35 Å². The Labute approximate surface area is 156 Å². The van der Waals surface area contributed by atoms with Crippen LogP contribution >= 0.6 is 0 Å². The van der Waals surface area contributed by atoms with Gasteiger partial charge in [0.25, 0.3) is 0 Å². The largest absolute Gasteiger partial charge is 0.588 e. The van der Waals surface area contributed by atoms with Gasteiger partial charge < -0.3 is 9.12 Å². The van der Waals surface area contributed by atoms with Crippen LogP contribution in [0, 0.1) is 20.8 Å². The molecule has 1 heterocycles. The quantitative estimate of drug-likeness (QED) is 0.718. The first-order chi connectivity index (χ1) is 12.4. The normalized spacial score (nSPS) is 12.0. The van der Waals surface area contributed by atoms with E-state index in [0.29, 0.717) is 10.7 Å². The number of hydrogen-bond acceptors (Lipinski definition) is 3. The predicted octanol–water partition coefficient (Wildman–Crippen LogP) is 3.46. The molecule has 0 aliphatic rings. The Morgan fingerprint density at radius 2 is 1.65 bits per heavy atom. The Balaban J connectivity index is 1.87. The summed E-state index contributed by atoms with van der Waals surface area (Å²) in [4.78, 5) is 17.6. The molecule has 0 aliphatic heterocycles. The number of amides is 1. The van der Waals surface area contributed by atoms with Crippen molar-refractivity contribution in [2.24, 2.45) is 7.05 Å². The summed E-state index contributed by atoms with van der Waals surface area (Å²) in [5, 5.41) is 0. The number of aromatic nitrogens is 2. The monoisotopic (exact) mass is 367 g/mol. The van der Waals surface area contributed by atoms with Crippen molar-refractivity contribution in [2.45, 2.75) is 25.7 Å². The van der Waals surface area contributed by atoms with E-state index in [4.69, 9.17) is 0 Å². The number of aryl methyl sites for hydroxylation is 4. The van der Waals surface area contributed by atoms with Crippen molar-refractivity contribution in [3.8, 4) is 11.4 Å². The molecule has 0 saturated heterocycles. The van der Waals surface area contributed by atoms with Crippen LogP contribution in [0.3, 0.4) is 0 Å². The van der Waals surface area contributed by atoms with Gasteiger partial charge in [0.15, 0.2) is 10.6 Å². The number of benzene rings is 2. The van der Waals surface area contributed by atoms with E-state index >= 15 is 0 Å². The summed E-state index contributed by atoms with van der Waals surface area (Å²) < 4.78 is 16.8. The minimum atomic E-state index is -1.62. The average Bonchev–Trinajstić information content (AvgIpc) is 2.97. The van der Waals surface area contributed by atoms with Crippen molar-refractivity contribution >= 4 is 17.3 Å². The summed E-state index contributed by atoms with van der Waals surface area (Å²) in [6.45, 7) is 5.90. The molecule has 26 heavy (non-hydrogen) atoms. The molecule has 1 aromatic heterocycles. The van der Waals surface area contributed by atoms with Crippen molar-refractivity contribution in [1.29, 1.82) is 0 Å². The van der Waals surface area contributed by atoms with Crippen molar-refractivity contribution in [3.05, 3.63) is 71.0 Å². The molecule has 134 valence electrons.